The van der Waals surface area contributed by atoms with Gasteiger partial charge >= 0.3 is 0 Å². The molecule has 0 spiro atoms. The summed E-state index contributed by atoms with van der Waals surface area (Å²) in [6, 6.07) is 2.65. The molecule has 19 heavy (non-hydrogen) atoms. The first-order valence-electron chi connectivity index (χ1n) is 6.93. The Morgan fingerprint density at radius 2 is 2.37 bits per heavy atom. The number of fused-ring (bicyclic) bond motifs is 1. The van der Waals surface area contributed by atoms with Crippen LogP contribution in [-0.4, -0.2) is 45.3 Å². The number of aryl methyl sites for hydroxylation is 1. The lowest BCUT2D eigenvalue weighted by molar-refractivity contribution is 0.428. The summed E-state index contributed by atoms with van der Waals surface area (Å²) in [6.45, 7) is 7.27. The van der Waals surface area contributed by atoms with Gasteiger partial charge in [-0.25, -0.2) is 4.98 Å². The first kappa shape index (κ1) is 12.3. The summed E-state index contributed by atoms with van der Waals surface area (Å²) in [6.07, 6.45) is 4.02. The largest absolute Gasteiger partial charge is 0.355 e. The fourth-order valence-electron chi connectivity index (χ4n) is 2.78. The van der Waals surface area contributed by atoms with Gasteiger partial charge in [0, 0.05) is 30.9 Å². The molecule has 2 aromatic heterocycles. The minimum Gasteiger partial charge on any atom is -0.355 e. The summed E-state index contributed by atoms with van der Waals surface area (Å²) < 4.78 is 1.83. The van der Waals surface area contributed by atoms with Gasteiger partial charge in [-0.2, -0.15) is 14.6 Å². The lowest BCUT2D eigenvalue weighted by atomic mass is 10.1. The van der Waals surface area contributed by atoms with E-state index in [0.29, 0.717) is 11.8 Å². The number of hydrogen-bond donors (Lipinski definition) is 1. The van der Waals surface area contributed by atoms with E-state index in [0.717, 1.165) is 31.1 Å². The molecule has 1 aliphatic heterocycles. The topological polar surface area (TPSA) is 58.3 Å². The molecule has 1 aliphatic rings. The van der Waals surface area contributed by atoms with Crippen LogP contribution in [0.15, 0.2) is 12.4 Å². The molecule has 0 aliphatic carbocycles. The van der Waals surface area contributed by atoms with Crippen molar-refractivity contribution in [2.45, 2.75) is 32.7 Å². The Morgan fingerprint density at radius 3 is 3.21 bits per heavy atom. The van der Waals surface area contributed by atoms with Crippen molar-refractivity contribution in [3.05, 3.63) is 18.1 Å². The Morgan fingerprint density at radius 1 is 1.47 bits per heavy atom. The highest BCUT2D eigenvalue weighted by atomic mass is 15.4. The standard InChI is InChI=1S/C13H20N6/c1-3-14-11-5-4-6-18(8-11)12-7-10(2)17-13-15-9-16-19(12)13/h7,9,11,14H,3-6,8H2,1-2H3. The molecule has 0 radical (unpaired) electrons. The molecule has 1 N–H and O–H groups in total. The predicted octanol–water partition coefficient (Wildman–Crippen LogP) is 1.01. The van der Waals surface area contributed by atoms with Gasteiger partial charge in [0.25, 0.3) is 5.78 Å². The highest BCUT2D eigenvalue weighted by Gasteiger charge is 2.21. The minimum absolute atomic E-state index is 0.561. The normalized spacial score (nSPS) is 20.1. The fourth-order valence-corrected chi connectivity index (χ4v) is 2.78. The highest BCUT2D eigenvalue weighted by Crippen LogP contribution is 2.20. The lowest BCUT2D eigenvalue weighted by Crippen LogP contribution is -2.46. The van der Waals surface area contributed by atoms with Crippen molar-refractivity contribution < 1.29 is 0 Å². The van der Waals surface area contributed by atoms with Gasteiger partial charge in [-0.3, -0.25) is 0 Å². The molecule has 1 unspecified atom stereocenters. The van der Waals surface area contributed by atoms with E-state index in [4.69, 9.17) is 0 Å². The SMILES string of the molecule is CCNC1CCCN(c2cc(C)nc3ncnn23)C1. The van der Waals surface area contributed by atoms with Gasteiger partial charge in [0.1, 0.15) is 12.1 Å². The second-order valence-corrected chi connectivity index (χ2v) is 5.07. The van der Waals surface area contributed by atoms with Crippen LogP contribution >= 0.6 is 0 Å². The first-order valence-corrected chi connectivity index (χ1v) is 6.93. The molecule has 0 aromatic carbocycles. The van der Waals surface area contributed by atoms with Crippen LogP contribution in [0.4, 0.5) is 5.82 Å². The van der Waals surface area contributed by atoms with Gasteiger partial charge in [0.2, 0.25) is 0 Å². The van der Waals surface area contributed by atoms with E-state index >= 15 is 0 Å². The van der Waals surface area contributed by atoms with E-state index in [2.05, 4.69) is 38.3 Å². The van der Waals surface area contributed by atoms with Crippen LogP contribution in [0.25, 0.3) is 5.78 Å². The Balaban J connectivity index is 1.92. The van der Waals surface area contributed by atoms with Crippen LogP contribution in [0, 0.1) is 6.92 Å². The summed E-state index contributed by atoms with van der Waals surface area (Å²) in [5.74, 6) is 1.78. The number of nitrogens with zero attached hydrogens (tertiary/aromatic N) is 5. The average Bonchev–Trinajstić information content (AvgIpc) is 2.86. The zero-order valence-corrected chi connectivity index (χ0v) is 11.5. The van der Waals surface area contributed by atoms with Crippen molar-refractivity contribution in [1.82, 2.24) is 24.9 Å². The van der Waals surface area contributed by atoms with Crippen LogP contribution < -0.4 is 10.2 Å². The number of piperidine rings is 1. The quantitative estimate of drug-likeness (QED) is 0.892. The number of nitrogens with one attached hydrogen (secondary N) is 1. The van der Waals surface area contributed by atoms with Crippen LogP contribution in [0.2, 0.25) is 0 Å². The Hall–Kier alpha value is -1.69. The van der Waals surface area contributed by atoms with Gasteiger partial charge in [-0.15, -0.1) is 0 Å². The van der Waals surface area contributed by atoms with Crippen molar-refractivity contribution in [3.8, 4) is 0 Å². The first-order chi connectivity index (χ1) is 9.28. The maximum absolute atomic E-state index is 4.39. The van der Waals surface area contributed by atoms with Crippen molar-refractivity contribution >= 4 is 11.6 Å². The smallest absolute Gasteiger partial charge is 0.254 e. The van der Waals surface area contributed by atoms with Crippen molar-refractivity contribution in [3.63, 3.8) is 0 Å². The Labute approximate surface area is 112 Å². The van der Waals surface area contributed by atoms with Gasteiger partial charge in [-0.05, 0) is 26.3 Å². The molecule has 0 amide bonds. The molecule has 1 saturated heterocycles. The third kappa shape index (κ3) is 2.40. The molecular weight excluding hydrogens is 240 g/mol. The molecule has 2 aromatic rings. The maximum Gasteiger partial charge on any atom is 0.254 e. The number of hydrogen-bond acceptors (Lipinski definition) is 5. The van der Waals surface area contributed by atoms with E-state index in [1.807, 2.05) is 11.4 Å². The highest BCUT2D eigenvalue weighted by molar-refractivity contribution is 5.47. The fraction of sp³-hybridized carbons (Fsp3) is 0.615. The number of anilines is 1. The van der Waals surface area contributed by atoms with Crippen LogP contribution in [0.3, 0.4) is 0 Å². The minimum atomic E-state index is 0.561. The average molecular weight is 260 g/mol. The molecule has 3 rings (SSSR count). The van der Waals surface area contributed by atoms with E-state index in [-0.39, 0.29) is 0 Å². The number of likely N-dealkylation sites (N-methyl/N-ethyl adjacent to an activating group) is 1. The van der Waals surface area contributed by atoms with Gasteiger partial charge in [-0.1, -0.05) is 6.92 Å². The second-order valence-electron chi connectivity index (χ2n) is 5.07. The van der Waals surface area contributed by atoms with Crippen LogP contribution in [0.5, 0.6) is 0 Å². The maximum atomic E-state index is 4.39. The zero-order valence-electron chi connectivity index (χ0n) is 11.5. The Kier molecular flexibility index (Phi) is 3.33. The molecule has 102 valence electrons. The van der Waals surface area contributed by atoms with Crippen LogP contribution in [0.1, 0.15) is 25.5 Å². The molecule has 6 nitrogen and oxygen atoms in total. The van der Waals surface area contributed by atoms with E-state index in [1.54, 1.807) is 6.33 Å². The second kappa shape index (κ2) is 5.13. The summed E-state index contributed by atoms with van der Waals surface area (Å²) in [5.41, 5.74) is 0.987. The van der Waals surface area contributed by atoms with E-state index < -0.39 is 0 Å². The summed E-state index contributed by atoms with van der Waals surface area (Å²) in [7, 11) is 0. The third-order valence-electron chi connectivity index (χ3n) is 3.60. The van der Waals surface area contributed by atoms with E-state index in [9.17, 15) is 0 Å². The molecule has 1 fully saturated rings. The zero-order chi connectivity index (χ0) is 13.2. The molecule has 0 saturated carbocycles. The number of rotatable bonds is 3. The van der Waals surface area contributed by atoms with Gasteiger partial charge in [0.05, 0.1) is 0 Å². The third-order valence-corrected chi connectivity index (χ3v) is 3.60. The number of aromatic nitrogens is 4. The monoisotopic (exact) mass is 260 g/mol. The summed E-state index contributed by atoms with van der Waals surface area (Å²) >= 11 is 0. The lowest BCUT2D eigenvalue weighted by Gasteiger charge is -2.34. The molecule has 0 bridgehead atoms. The van der Waals surface area contributed by atoms with E-state index in [1.165, 1.54) is 12.8 Å². The van der Waals surface area contributed by atoms with Crippen LogP contribution in [-0.2, 0) is 0 Å². The summed E-state index contributed by atoms with van der Waals surface area (Å²) in [5, 5.41) is 7.83. The summed E-state index contributed by atoms with van der Waals surface area (Å²) in [4.78, 5) is 11.0. The molecule has 3 heterocycles. The predicted molar refractivity (Wildman–Crippen MR) is 74.4 cm³/mol. The molecule has 6 heteroatoms. The Bertz CT molecular complexity index is 561. The van der Waals surface area contributed by atoms with Crippen molar-refractivity contribution in [1.29, 1.82) is 0 Å². The van der Waals surface area contributed by atoms with Crippen molar-refractivity contribution in [2.24, 2.45) is 0 Å². The van der Waals surface area contributed by atoms with Gasteiger partial charge in [0.15, 0.2) is 0 Å². The molecular formula is C13H20N6. The molecule has 1 atom stereocenters. The van der Waals surface area contributed by atoms with Crippen molar-refractivity contribution in [2.75, 3.05) is 24.5 Å². The van der Waals surface area contributed by atoms with Gasteiger partial charge < -0.3 is 10.2 Å².